The maximum absolute atomic E-state index is 13.7. The van der Waals surface area contributed by atoms with Crippen LogP contribution in [0.2, 0.25) is 0 Å². The van der Waals surface area contributed by atoms with Gasteiger partial charge in [-0.15, -0.1) is 0 Å². The van der Waals surface area contributed by atoms with Crippen molar-refractivity contribution in [2.24, 2.45) is 0 Å². The molecule has 0 aliphatic heterocycles. The van der Waals surface area contributed by atoms with Crippen LogP contribution in [0.5, 0.6) is 17.2 Å². The first-order valence-electron chi connectivity index (χ1n) is 12.5. The summed E-state index contributed by atoms with van der Waals surface area (Å²) in [6, 6.07) is 23.5. The second-order valence-electron chi connectivity index (χ2n) is 8.86. The van der Waals surface area contributed by atoms with Gasteiger partial charge in [-0.1, -0.05) is 49.4 Å². The minimum absolute atomic E-state index is 0.0184. The molecule has 37 heavy (non-hydrogen) atoms. The molecule has 0 aliphatic carbocycles. The summed E-state index contributed by atoms with van der Waals surface area (Å²) in [5.74, 6) is 1.43. The monoisotopic (exact) mass is 504 g/mol. The van der Waals surface area contributed by atoms with Gasteiger partial charge in [-0.05, 0) is 60.9 Å². The number of methoxy groups -OCH3 is 2. The second-order valence-corrected chi connectivity index (χ2v) is 8.86. The number of nitrogens with zero attached hydrogens (tertiary/aromatic N) is 1. The Morgan fingerprint density at radius 3 is 2.14 bits per heavy atom. The van der Waals surface area contributed by atoms with Crippen molar-refractivity contribution in [2.75, 3.05) is 20.8 Å². The Bertz CT molecular complexity index is 1130. The lowest BCUT2D eigenvalue weighted by Gasteiger charge is -2.32. The van der Waals surface area contributed by atoms with Gasteiger partial charge in [0.25, 0.3) is 5.91 Å². The van der Waals surface area contributed by atoms with E-state index in [0.29, 0.717) is 23.7 Å². The van der Waals surface area contributed by atoms with Crippen molar-refractivity contribution >= 4 is 11.8 Å². The topological polar surface area (TPSA) is 77.1 Å². The van der Waals surface area contributed by atoms with E-state index in [4.69, 9.17) is 14.2 Å². The highest BCUT2D eigenvalue weighted by atomic mass is 16.5. The van der Waals surface area contributed by atoms with Crippen molar-refractivity contribution in [2.45, 2.75) is 45.3 Å². The predicted octanol–water partition coefficient (Wildman–Crippen LogP) is 4.64. The van der Waals surface area contributed by atoms with Crippen molar-refractivity contribution in [1.29, 1.82) is 0 Å². The molecule has 3 rings (SSSR count). The maximum Gasteiger partial charge on any atom is 0.261 e. The minimum Gasteiger partial charge on any atom is -0.497 e. The van der Waals surface area contributed by atoms with Gasteiger partial charge in [-0.3, -0.25) is 9.59 Å². The van der Waals surface area contributed by atoms with Crippen LogP contribution >= 0.6 is 0 Å². The predicted molar refractivity (Wildman–Crippen MR) is 144 cm³/mol. The molecule has 2 atom stereocenters. The molecule has 0 radical (unpaired) electrons. The molecule has 1 N–H and O–H groups in total. The van der Waals surface area contributed by atoms with Gasteiger partial charge in [0, 0.05) is 19.0 Å². The van der Waals surface area contributed by atoms with Crippen LogP contribution in [0.3, 0.4) is 0 Å². The van der Waals surface area contributed by atoms with Gasteiger partial charge >= 0.3 is 0 Å². The van der Waals surface area contributed by atoms with Crippen LogP contribution in [0.25, 0.3) is 0 Å². The summed E-state index contributed by atoms with van der Waals surface area (Å²) in [6.07, 6.45) is 1.16. The van der Waals surface area contributed by atoms with Gasteiger partial charge in [0.1, 0.15) is 23.3 Å². The Balaban J connectivity index is 1.91. The Labute approximate surface area is 219 Å². The minimum atomic E-state index is -0.727. The fraction of sp³-hybridized carbons (Fsp3) is 0.333. The van der Waals surface area contributed by atoms with Crippen LogP contribution in [-0.2, 0) is 22.6 Å². The third-order valence-electron chi connectivity index (χ3n) is 6.18. The Hall–Kier alpha value is -4.00. The van der Waals surface area contributed by atoms with E-state index in [1.165, 1.54) is 0 Å². The van der Waals surface area contributed by atoms with Crippen LogP contribution in [-0.4, -0.2) is 49.6 Å². The number of rotatable bonds is 13. The van der Waals surface area contributed by atoms with E-state index in [-0.39, 0.29) is 31.0 Å². The molecule has 196 valence electrons. The third-order valence-corrected chi connectivity index (χ3v) is 6.18. The van der Waals surface area contributed by atoms with E-state index in [9.17, 15) is 9.59 Å². The van der Waals surface area contributed by atoms with Crippen molar-refractivity contribution in [1.82, 2.24) is 10.2 Å². The molecule has 0 aliphatic rings. The lowest BCUT2D eigenvalue weighted by atomic mass is 10.0. The Morgan fingerprint density at radius 2 is 1.49 bits per heavy atom. The molecular weight excluding hydrogens is 468 g/mol. The van der Waals surface area contributed by atoms with Crippen LogP contribution < -0.4 is 19.5 Å². The highest BCUT2D eigenvalue weighted by molar-refractivity contribution is 5.88. The molecule has 0 spiro atoms. The smallest absolute Gasteiger partial charge is 0.261 e. The first kappa shape index (κ1) is 27.6. The first-order chi connectivity index (χ1) is 17.9. The summed E-state index contributed by atoms with van der Waals surface area (Å²) in [7, 11) is 3.19. The lowest BCUT2D eigenvalue weighted by Crippen LogP contribution is -2.53. The van der Waals surface area contributed by atoms with E-state index in [1.807, 2.05) is 68.4 Å². The molecule has 0 saturated heterocycles. The third kappa shape index (κ3) is 8.27. The van der Waals surface area contributed by atoms with Gasteiger partial charge in [-0.2, -0.15) is 0 Å². The lowest BCUT2D eigenvalue weighted by molar-refractivity contribution is -0.143. The SMILES string of the molecule is CC[C@H](C)NC(=O)[C@@H](Cc1ccccc1)N(Cc1cccc(OC)c1)C(=O)COc1ccc(OC)cc1. The molecule has 0 bridgehead atoms. The first-order valence-corrected chi connectivity index (χ1v) is 12.5. The van der Waals surface area contributed by atoms with E-state index in [0.717, 1.165) is 17.5 Å². The summed E-state index contributed by atoms with van der Waals surface area (Å²) >= 11 is 0. The normalized spacial score (nSPS) is 12.2. The van der Waals surface area contributed by atoms with Gasteiger partial charge in [-0.25, -0.2) is 0 Å². The Morgan fingerprint density at radius 1 is 0.838 bits per heavy atom. The summed E-state index contributed by atoms with van der Waals surface area (Å²) in [5.41, 5.74) is 1.82. The number of hydrogen-bond acceptors (Lipinski definition) is 5. The number of carbonyl (C=O) groups is 2. The van der Waals surface area contributed by atoms with Crippen molar-refractivity contribution in [3.8, 4) is 17.2 Å². The van der Waals surface area contributed by atoms with Crippen LogP contribution in [0.15, 0.2) is 78.9 Å². The molecule has 0 fully saturated rings. The van der Waals surface area contributed by atoms with E-state index in [1.54, 1.807) is 43.4 Å². The highest BCUT2D eigenvalue weighted by Crippen LogP contribution is 2.20. The molecule has 3 aromatic carbocycles. The zero-order valence-corrected chi connectivity index (χ0v) is 22.0. The number of amides is 2. The van der Waals surface area contributed by atoms with E-state index >= 15 is 0 Å². The molecule has 7 heteroatoms. The molecule has 0 unspecified atom stereocenters. The van der Waals surface area contributed by atoms with E-state index < -0.39 is 6.04 Å². The van der Waals surface area contributed by atoms with Crippen molar-refractivity contribution < 1.29 is 23.8 Å². The number of ether oxygens (including phenoxy) is 3. The van der Waals surface area contributed by atoms with Crippen molar-refractivity contribution in [3.05, 3.63) is 90.0 Å². The van der Waals surface area contributed by atoms with E-state index in [2.05, 4.69) is 5.32 Å². The molecule has 2 amide bonds. The van der Waals surface area contributed by atoms with Crippen molar-refractivity contribution in [3.63, 3.8) is 0 Å². The fourth-order valence-electron chi connectivity index (χ4n) is 3.86. The molecule has 0 aromatic heterocycles. The standard InChI is InChI=1S/C30H36N2O5/c1-5-22(2)31-30(34)28(19-23-10-7-6-8-11-23)32(20-24-12-9-13-27(18-24)36-4)29(33)21-37-26-16-14-25(35-3)15-17-26/h6-18,22,28H,5,19-21H2,1-4H3,(H,31,34)/t22-,28+/m0/s1. The van der Waals surface area contributed by atoms with Crippen LogP contribution in [0.4, 0.5) is 0 Å². The van der Waals surface area contributed by atoms with Crippen LogP contribution in [0.1, 0.15) is 31.4 Å². The zero-order valence-electron chi connectivity index (χ0n) is 22.0. The van der Waals surface area contributed by atoms with Gasteiger partial charge in [0.05, 0.1) is 14.2 Å². The van der Waals surface area contributed by atoms with Gasteiger partial charge in [0.2, 0.25) is 5.91 Å². The summed E-state index contributed by atoms with van der Waals surface area (Å²) < 4.78 is 16.4. The van der Waals surface area contributed by atoms with Gasteiger partial charge in [0.15, 0.2) is 6.61 Å². The molecule has 0 heterocycles. The molecule has 0 saturated carbocycles. The highest BCUT2D eigenvalue weighted by Gasteiger charge is 2.31. The number of carbonyl (C=O) groups excluding carboxylic acids is 2. The largest absolute Gasteiger partial charge is 0.497 e. The van der Waals surface area contributed by atoms with Gasteiger partial charge < -0.3 is 24.4 Å². The number of nitrogens with one attached hydrogen (secondary N) is 1. The molecule has 3 aromatic rings. The molecular formula is C30H36N2O5. The second kappa shape index (κ2) is 13.9. The Kier molecular flexibility index (Phi) is 10.4. The summed E-state index contributed by atoms with van der Waals surface area (Å²) in [4.78, 5) is 28.8. The van der Waals surface area contributed by atoms with Crippen LogP contribution in [0, 0.1) is 0 Å². The zero-order chi connectivity index (χ0) is 26.6. The molecule has 7 nitrogen and oxygen atoms in total. The summed E-state index contributed by atoms with van der Waals surface area (Å²) in [6.45, 7) is 3.99. The number of hydrogen-bond donors (Lipinski definition) is 1. The number of benzene rings is 3. The average molecular weight is 505 g/mol. The quantitative estimate of drug-likeness (QED) is 0.367. The summed E-state index contributed by atoms with van der Waals surface area (Å²) in [5, 5.41) is 3.07. The average Bonchev–Trinajstić information content (AvgIpc) is 2.94. The fourth-order valence-corrected chi connectivity index (χ4v) is 3.86. The maximum atomic E-state index is 13.7.